The fraction of sp³-hybridized carbons (Fsp3) is 0.0909. The number of carbonyl (C=O) groups is 1. The molecule has 0 N–H and O–H groups in total. The van der Waals surface area contributed by atoms with Crippen molar-refractivity contribution in [2.75, 3.05) is 0 Å². The molecule has 0 aliphatic carbocycles. The SMILES string of the molecule is Cc1ccc(C(=O)Oc2ccc3c(c2)oc(=O)c2ccccc23)cc1C. The zero-order chi connectivity index (χ0) is 18.3. The largest absolute Gasteiger partial charge is 0.423 e. The average molecular weight is 344 g/mol. The van der Waals surface area contributed by atoms with Crippen molar-refractivity contribution in [3.8, 4) is 5.75 Å². The Hall–Kier alpha value is -3.40. The van der Waals surface area contributed by atoms with Crippen LogP contribution in [0.2, 0.25) is 0 Å². The summed E-state index contributed by atoms with van der Waals surface area (Å²) < 4.78 is 10.8. The molecule has 0 bridgehead atoms. The Labute approximate surface area is 149 Å². The average Bonchev–Trinajstić information content (AvgIpc) is 2.64. The number of esters is 1. The summed E-state index contributed by atoms with van der Waals surface area (Å²) in [5, 5.41) is 2.14. The van der Waals surface area contributed by atoms with Crippen LogP contribution in [0.3, 0.4) is 0 Å². The third kappa shape index (κ3) is 2.75. The van der Waals surface area contributed by atoms with Crippen LogP contribution in [-0.2, 0) is 0 Å². The molecule has 0 amide bonds. The lowest BCUT2D eigenvalue weighted by Crippen LogP contribution is -2.09. The van der Waals surface area contributed by atoms with Gasteiger partial charge in [0.25, 0.3) is 0 Å². The van der Waals surface area contributed by atoms with Gasteiger partial charge in [0, 0.05) is 11.5 Å². The van der Waals surface area contributed by atoms with Gasteiger partial charge in [0.15, 0.2) is 0 Å². The molecule has 0 aliphatic heterocycles. The Bertz CT molecular complexity index is 1220. The molecule has 0 atom stereocenters. The summed E-state index contributed by atoms with van der Waals surface area (Å²) in [6.07, 6.45) is 0. The highest BCUT2D eigenvalue weighted by Gasteiger charge is 2.12. The maximum absolute atomic E-state index is 12.4. The lowest BCUT2D eigenvalue weighted by Gasteiger charge is -2.08. The van der Waals surface area contributed by atoms with Crippen molar-refractivity contribution in [2.45, 2.75) is 13.8 Å². The smallest absolute Gasteiger partial charge is 0.344 e. The fourth-order valence-electron chi connectivity index (χ4n) is 2.96. The predicted octanol–water partition coefficient (Wildman–Crippen LogP) is 4.78. The molecule has 0 unspecified atom stereocenters. The van der Waals surface area contributed by atoms with Gasteiger partial charge in [-0.25, -0.2) is 9.59 Å². The van der Waals surface area contributed by atoms with Crippen molar-refractivity contribution in [1.29, 1.82) is 0 Å². The number of fused-ring (bicyclic) bond motifs is 3. The van der Waals surface area contributed by atoms with Crippen LogP contribution in [0.5, 0.6) is 5.75 Å². The van der Waals surface area contributed by atoms with Crippen molar-refractivity contribution in [3.63, 3.8) is 0 Å². The molecule has 0 aliphatic rings. The van der Waals surface area contributed by atoms with E-state index in [4.69, 9.17) is 9.15 Å². The maximum Gasteiger partial charge on any atom is 0.344 e. The van der Waals surface area contributed by atoms with Gasteiger partial charge in [-0.2, -0.15) is 0 Å². The summed E-state index contributed by atoms with van der Waals surface area (Å²) in [5.41, 5.74) is 2.59. The van der Waals surface area contributed by atoms with Crippen molar-refractivity contribution in [3.05, 3.63) is 87.8 Å². The van der Waals surface area contributed by atoms with Crippen molar-refractivity contribution >= 4 is 27.7 Å². The Morgan fingerprint density at radius 3 is 2.38 bits per heavy atom. The summed E-state index contributed by atoms with van der Waals surface area (Å²) in [4.78, 5) is 24.5. The molecule has 128 valence electrons. The Kier molecular flexibility index (Phi) is 3.81. The number of rotatable bonds is 2. The molecule has 1 heterocycles. The highest BCUT2D eigenvalue weighted by molar-refractivity contribution is 6.04. The molecule has 4 aromatic rings. The quantitative estimate of drug-likeness (QED) is 0.227. The molecule has 3 aromatic carbocycles. The molecule has 1 aromatic heterocycles. The second-order valence-electron chi connectivity index (χ2n) is 6.28. The third-order valence-corrected chi connectivity index (χ3v) is 4.55. The summed E-state index contributed by atoms with van der Waals surface area (Å²) in [6, 6.07) is 17.8. The van der Waals surface area contributed by atoms with E-state index in [1.807, 2.05) is 32.0 Å². The van der Waals surface area contributed by atoms with Gasteiger partial charge in [-0.1, -0.05) is 24.3 Å². The number of hydrogen-bond donors (Lipinski definition) is 0. The summed E-state index contributed by atoms with van der Waals surface area (Å²) in [5.74, 6) is -0.116. The molecule has 26 heavy (non-hydrogen) atoms. The zero-order valence-electron chi connectivity index (χ0n) is 14.4. The van der Waals surface area contributed by atoms with Crippen LogP contribution >= 0.6 is 0 Å². The highest BCUT2D eigenvalue weighted by atomic mass is 16.5. The Morgan fingerprint density at radius 1 is 0.846 bits per heavy atom. The molecule has 4 heteroatoms. The summed E-state index contributed by atoms with van der Waals surface area (Å²) in [7, 11) is 0. The first kappa shape index (κ1) is 16.1. The second-order valence-corrected chi connectivity index (χ2v) is 6.28. The normalized spacial score (nSPS) is 11.0. The van der Waals surface area contributed by atoms with Crippen LogP contribution in [-0.4, -0.2) is 5.97 Å². The van der Waals surface area contributed by atoms with Crippen LogP contribution < -0.4 is 10.4 Å². The highest BCUT2D eigenvalue weighted by Crippen LogP contribution is 2.26. The van der Waals surface area contributed by atoms with Crippen LogP contribution in [0, 0.1) is 13.8 Å². The van der Waals surface area contributed by atoms with Crippen molar-refractivity contribution < 1.29 is 13.9 Å². The maximum atomic E-state index is 12.4. The third-order valence-electron chi connectivity index (χ3n) is 4.55. The van der Waals surface area contributed by atoms with Crippen LogP contribution in [0.1, 0.15) is 21.5 Å². The number of carbonyl (C=O) groups excluding carboxylic acids is 1. The Balaban J connectivity index is 1.73. The van der Waals surface area contributed by atoms with Gasteiger partial charge in [0.05, 0.1) is 10.9 Å². The first-order chi connectivity index (χ1) is 12.5. The molecule has 0 saturated carbocycles. The first-order valence-corrected chi connectivity index (χ1v) is 8.28. The lowest BCUT2D eigenvalue weighted by molar-refractivity contribution is 0.0735. The van der Waals surface area contributed by atoms with Crippen LogP contribution in [0.15, 0.2) is 69.9 Å². The van der Waals surface area contributed by atoms with Gasteiger partial charge in [-0.3, -0.25) is 0 Å². The van der Waals surface area contributed by atoms with E-state index in [9.17, 15) is 9.59 Å². The summed E-state index contributed by atoms with van der Waals surface area (Å²) >= 11 is 0. The predicted molar refractivity (Wildman–Crippen MR) is 101 cm³/mol. The van der Waals surface area contributed by atoms with Gasteiger partial charge in [0.1, 0.15) is 11.3 Å². The minimum Gasteiger partial charge on any atom is -0.423 e. The van der Waals surface area contributed by atoms with E-state index in [2.05, 4.69) is 0 Å². The van der Waals surface area contributed by atoms with Gasteiger partial charge in [-0.15, -0.1) is 0 Å². The number of hydrogen-bond acceptors (Lipinski definition) is 4. The van der Waals surface area contributed by atoms with E-state index >= 15 is 0 Å². The number of aryl methyl sites for hydroxylation is 2. The monoisotopic (exact) mass is 344 g/mol. The molecular weight excluding hydrogens is 328 g/mol. The van der Waals surface area contributed by atoms with E-state index in [1.165, 1.54) is 0 Å². The topological polar surface area (TPSA) is 56.5 Å². The van der Waals surface area contributed by atoms with E-state index in [0.717, 1.165) is 21.9 Å². The molecule has 0 saturated heterocycles. The molecule has 0 fully saturated rings. The van der Waals surface area contributed by atoms with Gasteiger partial charge in [0.2, 0.25) is 0 Å². The van der Waals surface area contributed by atoms with Crippen molar-refractivity contribution in [2.24, 2.45) is 0 Å². The number of benzene rings is 3. The Morgan fingerprint density at radius 2 is 1.62 bits per heavy atom. The summed E-state index contributed by atoms with van der Waals surface area (Å²) in [6.45, 7) is 3.93. The fourth-order valence-corrected chi connectivity index (χ4v) is 2.96. The number of ether oxygens (including phenoxy) is 1. The van der Waals surface area contributed by atoms with Gasteiger partial charge < -0.3 is 9.15 Å². The van der Waals surface area contributed by atoms with E-state index in [1.54, 1.807) is 42.5 Å². The molecular formula is C22H16O4. The molecule has 4 rings (SSSR count). The standard InChI is InChI=1S/C22H16O4/c1-13-7-8-15(11-14(13)2)21(23)25-16-9-10-18-17-5-3-4-6-19(17)22(24)26-20(18)12-16/h3-12H,1-2H3. The van der Waals surface area contributed by atoms with Crippen molar-refractivity contribution in [1.82, 2.24) is 0 Å². The van der Waals surface area contributed by atoms with Gasteiger partial charge >= 0.3 is 11.6 Å². The van der Waals surface area contributed by atoms with Crippen LogP contribution in [0.25, 0.3) is 21.7 Å². The molecule has 0 radical (unpaired) electrons. The van der Waals surface area contributed by atoms with Gasteiger partial charge in [-0.05, 0) is 60.7 Å². The van der Waals surface area contributed by atoms with E-state index in [-0.39, 0.29) is 0 Å². The molecule has 4 nitrogen and oxygen atoms in total. The minimum absolute atomic E-state index is 0.333. The first-order valence-electron chi connectivity index (χ1n) is 8.28. The zero-order valence-corrected chi connectivity index (χ0v) is 14.4. The lowest BCUT2D eigenvalue weighted by atomic mass is 10.1. The second kappa shape index (κ2) is 6.15. The minimum atomic E-state index is -0.449. The van der Waals surface area contributed by atoms with E-state index < -0.39 is 11.6 Å². The van der Waals surface area contributed by atoms with E-state index in [0.29, 0.717) is 22.3 Å². The molecule has 0 spiro atoms. The van der Waals surface area contributed by atoms with Crippen LogP contribution in [0.4, 0.5) is 0 Å².